The molecular formula is C13H24N2O4. The van der Waals surface area contributed by atoms with Crippen LogP contribution in [0, 0.1) is 5.92 Å². The number of carbonyl (C=O) groups is 2. The van der Waals surface area contributed by atoms with Crippen molar-refractivity contribution >= 4 is 12.0 Å². The number of urea groups is 1. The molecule has 0 aromatic heterocycles. The Morgan fingerprint density at radius 3 is 2.26 bits per heavy atom. The van der Waals surface area contributed by atoms with E-state index < -0.39 is 12.0 Å². The summed E-state index contributed by atoms with van der Waals surface area (Å²) in [6, 6.07) is -1.16. The highest BCUT2D eigenvalue weighted by molar-refractivity contribution is 5.83. The molecule has 110 valence electrons. The molecule has 0 bridgehead atoms. The smallest absolute Gasteiger partial charge is 0.326 e. The molecule has 2 amide bonds. The summed E-state index contributed by atoms with van der Waals surface area (Å²) in [5.41, 5.74) is 0. The van der Waals surface area contributed by atoms with E-state index in [1.54, 1.807) is 4.90 Å². The molecule has 1 aliphatic rings. The Balaban J connectivity index is 2.66. The summed E-state index contributed by atoms with van der Waals surface area (Å²) in [7, 11) is 0. The number of aliphatic hydroxyl groups is 1. The van der Waals surface area contributed by atoms with Gasteiger partial charge in [-0.1, -0.05) is 13.8 Å². The maximum atomic E-state index is 12.2. The molecule has 0 aliphatic heterocycles. The minimum absolute atomic E-state index is 0.0285. The van der Waals surface area contributed by atoms with Gasteiger partial charge in [0.1, 0.15) is 6.04 Å². The number of carbonyl (C=O) groups excluding carboxylic acids is 1. The molecule has 1 saturated carbocycles. The molecule has 0 saturated heterocycles. The number of nitrogens with zero attached hydrogens (tertiary/aromatic N) is 1. The summed E-state index contributed by atoms with van der Waals surface area (Å²) in [5, 5.41) is 20.8. The van der Waals surface area contributed by atoms with Crippen molar-refractivity contribution in [2.45, 2.75) is 51.6 Å². The van der Waals surface area contributed by atoms with Gasteiger partial charge in [0.15, 0.2) is 0 Å². The highest BCUT2D eigenvalue weighted by Crippen LogP contribution is 2.32. The molecule has 0 aromatic carbocycles. The lowest BCUT2D eigenvalue weighted by atomic mass is 10.1. The van der Waals surface area contributed by atoms with E-state index in [1.165, 1.54) is 0 Å². The number of rotatable bonds is 8. The molecule has 6 heteroatoms. The van der Waals surface area contributed by atoms with Crippen LogP contribution in [0.4, 0.5) is 4.79 Å². The third kappa shape index (κ3) is 4.38. The SMILES string of the molecule is CCC(CC)N(CCO)C(=O)NC(C(=O)O)C1CC1. The van der Waals surface area contributed by atoms with E-state index in [2.05, 4.69) is 5.32 Å². The van der Waals surface area contributed by atoms with Crippen LogP contribution in [0.3, 0.4) is 0 Å². The van der Waals surface area contributed by atoms with Gasteiger partial charge in [-0.3, -0.25) is 0 Å². The second kappa shape index (κ2) is 7.33. The number of carboxylic acid groups (broad SMARTS) is 1. The lowest BCUT2D eigenvalue weighted by Crippen LogP contribution is -2.52. The van der Waals surface area contributed by atoms with Crippen LogP contribution in [0.25, 0.3) is 0 Å². The van der Waals surface area contributed by atoms with E-state index in [-0.39, 0.29) is 31.1 Å². The number of aliphatic carboxylic acids is 1. The van der Waals surface area contributed by atoms with E-state index in [0.717, 1.165) is 25.7 Å². The number of carboxylic acids is 1. The summed E-state index contributed by atoms with van der Waals surface area (Å²) in [6.45, 7) is 4.06. The summed E-state index contributed by atoms with van der Waals surface area (Å²) < 4.78 is 0. The number of nitrogens with one attached hydrogen (secondary N) is 1. The normalized spacial score (nSPS) is 16.2. The Hall–Kier alpha value is -1.30. The van der Waals surface area contributed by atoms with Crippen LogP contribution in [0.1, 0.15) is 39.5 Å². The predicted molar refractivity (Wildman–Crippen MR) is 70.8 cm³/mol. The molecule has 1 atom stereocenters. The highest BCUT2D eigenvalue weighted by atomic mass is 16.4. The average Bonchev–Trinajstić information content (AvgIpc) is 3.19. The predicted octanol–water partition coefficient (Wildman–Crippen LogP) is 1.04. The molecule has 1 fully saturated rings. The van der Waals surface area contributed by atoms with Crippen molar-refractivity contribution in [3.05, 3.63) is 0 Å². The van der Waals surface area contributed by atoms with Crippen molar-refractivity contribution in [2.75, 3.05) is 13.2 Å². The van der Waals surface area contributed by atoms with Crippen molar-refractivity contribution in [1.82, 2.24) is 10.2 Å². The van der Waals surface area contributed by atoms with Gasteiger partial charge < -0.3 is 20.4 Å². The first-order chi connectivity index (χ1) is 9.04. The lowest BCUT2D eigenvalue weighted by Gasteiger charge is -2.31. The molecule has 0 radical (unpaired) electrons. The largest absolute Gasteiger partial charge is 0.480 e. The monoisotopic (exact) mass is 272 g/mol. The Morgan fingerprint density at radius 1 is 1.32 bits per heavy atom. The molecule has 0 spiro atoms. The van der Waals surface area contributed by atoms with Crippen LogP contribution >= 0.6 is 0 Å². The van der Waals surface area contributed by atoms with Crippen molar-refractivity contribution in [3.63, 3.8) is 0 Å². The van der Waals surface area contributed by atoms with Gasteiger partial charge in [0.2, 0.25) is 0 Å². The van der Waals surface area contributed by atoms with Gasteiger partial charge in [0, 0.05) is 12.6 Å². The maximum Gasteiger partial charge on any atom is 0.326 e. The lowest BCUT2D eigenvalue weighted by molar-refractivity contribution is -0.139. The fraction of sp³-hybridized carbons (Fsp3) is 0.846. The van der Waals surface area contributed by atoms with Crippen LogP contribution in [-0.2, 0) is 4.79 Å². The van der Waals surface area contributed by atoms with Gasteiger partial charge in [0.05, 0.1) is 6.61 Å². The van der Waals surface area contributed by atoms with E-state index in [1.807, 2.05) is 13.8 Å². The van der Waals surface area contributed by atoms with Gasteiger partial charge in [-0.2, -0.15) is 0 Å². The standard InChI is InChI=1S/C13H24N2O4/c1-3-10(4-2)15(7-8-16)13(19)14-11(12(17)18)9-5-6-9/h9-11,16H,3-8H2,1-2H3,(H,14,19)(H,17,18). The van der Waals surface area contributed by atoms with Crippen LogP contribution in [0.2, 0.25) is 0 Å². The Kier molecular flexibility index (Phi) is 6.08. The van der Waals surface area contributed by atoms with E-state index in [9.17, 15) is 9.59 Å². The summed E-state index contributed by atoms with van der Waals surface area (Å²) in [4.78, 5) is 24.8. The molecule has 1 aliphatic carbocycles. The Labute approximate surface area is 113 Å². The Bertz CT molecular complexity index is 314. The molecule has 19 heavy (non-hydrogen) atoms. The van der Waals surface area contributed by atoms with Crippen molar-refractivity contribution in [1.29, 1.82) is 0 Å². The number of hydrogen-bond donors (Lipinski definition) is 3. The maximum absolute atomic E-state index is 12.2. The number of amides is 2. The van der Waals surface area contributed by atoms with Gasteiger partial charge >= 0.3 is 12.0 Å². The fourth-order valence-corrected chi connectivity index (χ4v) is 2.31. The van der Waals surface area contributed by atoms with Crippen molar-refractivity contribution in [3.8, 4) is 0 Å². The van der Waals surface area contributed by atoms with Gasteiger partial charge in [0.25, 0.3) is 0 Å². The van der Waals surface area contributed by atoms with Crippen LogP contribution in [-0.4, -0.2) is 52.3 Å². The van der Waals surface area contributed by atoms with Crippen LogP contribution < -0.4 is 5.32 Å². The zero-order valence-electron chi connectivity index (χ0n) is 11.6. The first-order valence-corrected chi connectivity index (χ1v) is 6.95. The molecule has 0 heterocycles. The molecular weight excluding hydrogens is 248 g/mol. The van der Waals surface area contributed by atoms with Gasteiger partial charge in [-0.15, -0.1) is 0 Å². The number of aliphatic hydroxyl groups excluding tert-OH is 1. The third-order valence-electron chi connectivity index (χ3n) is 3.62. The van der Waals surface area contributed by atoms with Crippen molar-refractivity contribution in [2.24, 2.45) is 5.92 Å². The molecule has 0 aromatic rings. The molecule has 1 unspecified atom stereocenters. The minimum atomic E-state index is -0.982. The second-order valence-corrected chi connectivity index (χ2v) is 4.99. The average molecular weight is 272 g/mol. The zero-order chi connectivity index (χ0) is 14.4. The first kappa shape index (κ1) is 15.8. The third-order valence-corrected chi connectivity index (χ3v) is 3.62. The van der Waals surface area contributed by atoms with Crippen LogP contribution in [0.5, 0.6) is 0 Å². The fourth-order valence-electron chi connectivity index (χ4n) is 2.31. The molecule has 1 rings (SSSR count). The van der Waals surface area contributed by atoms with Crippen molar-refractivity contribution < 1.29 is 19.8 Å². The van der Waals surface area contributed by atoms with Gasteiger partial charge in [-0.25, -0.2) is 9.59 Å². The Morgan fingerprint density at radius 2 is 1.89 bits per heavy atom. The zero-order valence-corrected chi connectivity index (χ0v) is 11.6. The first-order valence-electron chi connectivity index (χ1n) is 6.95. The summed E-state index contributed by atoms with van der Waals surface area (Å²) in [5.74, 6) is -0.927. The quantitative estimate of drug-likeness (QED) is 0.616. The highest BCUT2D eigenvalue weighted by Gasteiger charge is 2.38. The molecule has 3 N–H and O–H groups in total. The number of hydrogen-bond acceptors (Lipinski definition) is 3. The van der Waals surface area contributed by atoms with E-state index >= 15 is 0 Å². The second-order valence-electron chi connectivity index (χ2n) is 4.99. The van der Waals surface area contributed by atoms with E-state index in [0.29, 0.717) is 0 Å². The van der Waals surface area contributed by atoms with Crippen LogP contribution in [0.15, 0.2) is 0 Å². The van der Waals surface area contributed by atoms with E-state index in [4.69, 9.17) is 10.2 Å². The minimum Gasteiger partial charge on any atom is -0.480 e. The summed E-state index contributed by atoms with van der Waals surface area (Å²) in [6.07, 6.45) is 3.26. The summed E-state index contributed by atoms with van der Waals surface area (Å²) >= 11 is 0. The topological polar surface area (TPSA) is 89.9 Å². The molecule has 6 nitrogen and oxygen atoms in total. The van der Waals surface area contributed by atoms with Gasteiger partial charge in [-0.05, 0) is 31.6 Å².